The average molecular weight is 322 g/mol. The quantitative estimate of drug-likeness (QED) is 0.274. The molecule has 0 radical (unpaired) electrons. The molecule has 0 spiro atoms. The molecule has 1 amide bonds. The molecule has 1 aliphatic heterocycles. The van der Waals surface area contributed by atoms with E-state index in [9.17, 15) is 19.2 Å². The number of primary amides is 1. The normalized spacial score (nSPS) is 17.1. The summed E-state index contributed by atoms with van der Waals surface area (Å²) in [5.74, 6) is -3.61. The number of nitrogens with two attached hydrogens (primary N) is 3. The third-order valence-corrected chi connectivity index (χ3v) is 2.27. The van der Waals surface area contributed by atoms with Crippen molar-refractivity contribution in [2.75, 3.05) is 13.1 Å². The summed E-state index contributed by atoms with van der Waals surface area (Å²) in [6.45, 7) is 0.580. The molecule has 2 atom stereocenters. The number of hydrogen-bond donors (Lipinski definition) is 7. The number of carboxylic acids is 3. The highest BCUT2D eigenvalue weighted by Gasteiger charge is 2.20. The van der Waals surface area contributed by atoms with Crippen LogP contribution in [0.25, 0.3) is 0 Å². The predicted molar refractivity (Wildman–Crippen MR) is 74.8 cm³/mol. The molecule has 22 heavy (non-hydrogen) atoms. The van der Waals surface area contributed by atoms with Crippen molar-refractivity contribution >= 4 is 23.8 Å². The molecule has 0 aromatic heterocycles. The molecule has 0 unspecified atom stereocenters. The smallest absolute Gasteiger partial charge is 0.321 e. The molecule has 10 N–H and O–H groups in total. The minimum absolute atomic E-state index is 0.269. The number of rotatable bonds is 5. The lowest BCUT2D eigenvalue weighted by Gasteiger charge is -1.99. The van der Waals surface area contributed by atoms with Crippen molar-refractivity contribution in [3.05, 3.63) is 0 Å². The standard InChI is InChI=1S/C5H9NO2.C4H8N2O3.C2H5NO2/c7-5(8)4-2-1-3-6-4;5-2(4(8)9)1-3(6)7;3-1-2(4)5/h4,6H,1-3H2,(H,7,8);2H,1,5H2,(H2,6,7)(H,8,9);1,3H2,(H,4,5)/t4-;2-;/m00./s1. The van der Waals surface area contributed by atoms with Gasteiger partial charge in [0.25, 0.3) is 0 Å². The van der Waals surface area contributed by atoms with Crippen molar-refractivity contribution < 1.29 is 34.5 Å². The van der Waals surface area contributed by atoms with Gasteiger partial charge in [-0.2, -0.15) is 0 Å². The van der Waals surface area contributed by atoms with Gasteiger partial charge in [0.1, 0.15) is 12.1 Å². The van der Waals surface area contributed by atoms with Crippen LogP contribution in [0.5, 0.6) is 0 Å². The zero-order chi connectivity index (χ0) is 17.7. The van der Waals surface area contributed by atoms with E-state index >= 15 is 0 Å². The second-order valence-corrected chi connectivity index (χ2v) is 4.20. The predicted octanol–water partition coefficient (Wildman–Crippen LogP) is -2.87. The van der Waals surface area contributed by atoms with Crippen LogP contribution in [0.1, 0.15) is 19.3 Å². The van der Waals surface area contributed by atoms with Gasteiger partial charge in [0.15, 0.2) is 0 Å². The molecule has 0 bridgehead atoms. The van der Waals surface area contributed by atoms with Crippen molar-refractivity contribution in [2.24, 2.45) is 17.2 Å². The van der Waals surface area contributed by atoms with Crippen molar-refractivity contribution in [3.8, 4) is 0 Å². The van der Waals surface area contributed by atoms with Crippen molar-refractivity contribution in [1.82, 2.24) is 5.32 Å². The molecular weight excluding hydrogens is 300 g/mol. The Morgan fingerprint density at radius 1 is 1.18 bits per heavy atom. The molecule has 1 rings (SSSR count). The Labute approximate surface area is 126 Å². The van der Waals surface area contributed by atoms with Crippen LogP contribution in [-0.2, 0) is 19.2 Å². The largest absolute Gasteiger partial charge is 0.480 e. The number of carbonyl (C=O) groups excluding carboxylic acids is 1. The second kappa shape index (κ2) is 12.5. The molecular formula is C11H22N4O7. The van der Waals surface area contributed by atoms with Gasteiger partial charge in [0.05, 0.1) is 13.0 Å². The van der Waals surface area contributed by atoms with Gasteiger partial charge in [0, 0.05) is 0 Å². The van der Waals surface area contributed by atoms with Gasteiger partial charge < -0.3 is 37.8 Å². The van der Waals surface area contributed by atoms with E-state index in [0.717, 1.165) is 19.4 Å². The first kappa shape index (κ1) is 22.0. The zero-order valence-electron chi connectivity index (χ0n) is 11.9. The van der Waals surface area contributed by atoms with Crippen LogP contribution in [-0.4, -0.2) is 64.3 Å². The highest BCUT2D eigenvalue weighted by atomic mass is 16.4. The topological polar surface area (TPSA) is 219 Å². The van der Waals surface area contributed by atoms with Gasteiger partial charge >= 0.3 is 17.9 Å². The monoisotopic (exact) mass is 322 g/mol. The van der Waals surface area contributed by atoms with Crippen LogP contribution in [0.3, 0.4) is 0 Å². The van der Waals surface area contributed by atoms with Gasteiger partial charge in [-0.05, 0) is 19.4 Å². The fourth-order valence-electron chi connectivity index (χ4n) is 1.20. The molecule has 11 nitrogen and oxygen atoms in total. The van der Waals surface area contributed by atoms with E-state index in [1.807, 2.05) is 0 Å². The molecule has 1 saturated heterocycles. The van der Waals surface area contributed by atoms with E-state index < -0.39 is 29.9 Å². The highest BCUT2D eigenvalue weighted by Crippen LogP contribution is 2.03. The number of hydrogen-bond acceptors (Lipinski definition) is 7. The molecule has 0 aromatic carbocycles. The van der Waals surface area contributed by atoms with E-state index in [1.54, 1.807) is 0 Å². The summed E-state index contributed by atoms with van der Waals surface area (Å²) >= 11 is 0. The first-order valence-corrected chi connectivity index (χ1v) is 6.26. The Morgan fingerprint density at radius 2 is 1.68 bits per heavy atom. The van der Waals surface area contributed by atoms with Crippen molar-refractivity contribution in [3.63, 3.8) is 0 Å². The molecule has 1 aliphatic rings. The Hall–Kier alpha value is -2.24. The summed E-state index contributed by atoms with van der Waals surface area (Å²) in [5.41, 5.74) is 14.1. The Balaban J connectivity index is 0. The van der Waals surface area contributed by atoms with Crippen LogP contribution < -0.4 is 22.5 Å². The van der Waals surface area contributed by atoms with Gasteiger partial charge in [0.2, 0.25) is 5.91 Å². The van der Waals surface area contributed by atoms with E-state index in [-0.39, 0.29) is 19.0 Å². The number of nitrogens with one attached hydrogen (secondary N) is 1. The van der Waals surface area contributed by atoms with Crippen LogP contribution in [0.2, 0.25) is 0 Å². The van der Waals surface area contributed by atoms with Crippen molar-refractivity contribution in [2.45, 2.75) is 31.3 Å². The minimum atomic E-state index is -1.21. The maximum Gasteiger partial charge on any atom is 0.321 e. The fourth-order valence-corrected chi connectivity index (χ4v) is 1.20. The number of amides is 1. The summed E-state index contributed by atoms with van der Waals surface area (Å²) in [5, 5.41) is 26.9. The molecule has 0 saturated carbocycles. The third kappa shape index (κ3) is 14.2. The van der Waals surface area contributed by atoms with E-state index in [0.29, 0.717) is 0 Å². The van der Waals surface area contributed by atoms with Crippen molar-refractivity contribution in [1.29, 1.82) is 0 Å². The summed E-state index contributed by atoms with van der Waals surface area (Å²) in [7, 11) is 0. The lowest BCUT2D eigenvalue weighted by atomic mass is 10.2. The summed E-state index contributed by atoms with van der Waals surface area (Å²) in [6.07, 6.45) is 1.47. The SMILES string of the molecule is NC(=O)C[C@H](N)C(=O)O.NCC(=O)O.O=C(O)[C@@H]1CCCN1. The van der Waals surface area contributed by atoms with Gasteiger partial charge in [-0.1, -0.05) is 0 Å². The Bertz CT molecular complexity index is 383. The number of aliphatic carboxylic acids is 3. The molecule has 0 aromatic rings. The third-order valence-electron chi connectivity index (χ3n) is 2.27. The van der Waals surface area contributed by atoms with Gasteiger partial charge in [-0.3, -0.25) is 19.2 Å². The Kier molecular flexibility index (Phi) is 12.5. The van der Waals surface area contributed by atoms with E-state index in [1.165, 1.54) is 0 Å². The van der Waals surface area contributed by atoms with Crippen LogP contribution in [0.15, 0.2) is 0 Å². The maximum atomic E-state index is 10.1. The molecule has 1 heterocycles. The van der Waals surface area contributed by atoms with Crippen LogP contribution in [0, 0.1) is 0 Å². The number of carbonyl (C=O) groups is 4. The summed E-state index contributed by atoms with van der Waals surface area (Å²) < 4.78 is 0. The second-order valence-electron chi connectivity index (χ2n) is 4.20. The maximum absolute atomic E-state index is 10.1. The lowest BCUT2D eigenvalue weighted by Crippen LogP contribution is -2.34. The zero-order valence-corrected chi connectivity index (χ0v) is 11.9. The van der Waals surface area contributed by atoms with E-state index in [2.05, 4.69) is 16.8 Å². The van der Waals surface area contributed by atoms with Gasteiger partial charge in [-0.25, -0.2) is 0 Å². The fraction of sp³-hybridized carbons (Fsp3) is 0.636. The van der Waals surface area contributed by atoms with Crippen LogP contribution >= 0.6 is 0 Å². The van der Waals surface area contributed by atoms with E-state index in [4.69, 9.17) is 21.1 Å². The molecule has 11 heteroatoms. The van der Waals surface area contributed by atoms with Crippen LogP contribution in [0.4, 0.5) is 0 Å². The highest BCUT2D eigenvalue weighted by molar-refractivity contribution is 5.83. The summed E-state index contributed by atoms with van der Waals surface area (Å²) in [4.78, 5) is 39.3. The first-order chi connectivity index (χ1) is 10.1. The first-order valence-electron chi connectivity index (χ1n) is 6.26. The molecule has 128 valence electrons. The summed E-state index contributed by atoms with van der Waals surface area (Å²) in [6, 6.07) is -1.43. The molecule has 1 fully saturated rings. The lowest BCUT2D eigenvalue weighted by molar-refractivity contribution is -0.140. The minimum Gasteiger partial charge on any atom is -0.480 e. The van der Waals surface area contributed by atoms with Gasteiger partial charge in [-0.15, -0.1) is 0 Å². The average Bonchev–Trinajstić information content (AvgIpc) is 2.93. The number of carboxylic acid groups (broad SMARTS) is 3. The Morgan fingerprint density at radius 3 is 1.82 bits per heavy atom. The molecule has 0 aliphatic carbocycles.